The van der Waals surface area contributed by atoms with E-state index < -0.39 is 0 Å². The van der Waals surface area contributed by atoms with Crippen molar-refractivity contribution >= 4 is 0 Å². The Labute approximate surface area is 74.3 Å². The lowest BCUT2D eigenvalue weighted by Gasteiger charge is -2.21. The molecule has 3 heteroatoms. The second-order valence-electron chi connectivity index (χ2n) is 3.71. The molecule has 3 nitrogen and oxygen atoms in total. The van der Waals surface area contributed by atoms with Gasteiger partial charge in [-0.15, -0.1) is 0 Å². The van der Waals surface area contributed by atoms with E-state index in [1.54, 1.807) is 0 Å². The molecule has 1 aliphatic rings. The van der Waals surface area contributed by atoms with Crippen molar-refractivity contribution in [2.24, 2.45) is 0 Å². The molecule has 0 spiro atoms. The number of hydrogen-bond donors (Lipinski definition) is 1. The van der Waals surface area contributed by atoms with Gasteiger partial charge in [0.05, 0.1) is 12.2 Å². The van der Waals surface area contributed by atoms with Crippen LogP contribution >= 0.6 is 0 Å². The second-order valence-corrected chi connectivity index (χ2v) is 3.71. The van der Waals surface area contributed by atoms with E-state index >= 15 is 0 Å². The lowest BCUT2D eigenvalue weighted by molar-refractivity contribution is 0.0642. The Hall–Kier alpha value is -0.120. The lowest BCUT2D eigenvalue weighted by Crippen LogP contribution is -2.33. The molecule has 0 aromatic rings. The molecular weight excluding hydrogens is 154 g/mol. The van der Waals surface area contributed by atoms with Gasteiger partial charge >= 0.3 is 0 Å². The van der Waals surface area contributed by atoms with Crippen LogP contribution in [0.4, 0.5) is 0 Å². The van der Waals surface area contributed by atoms with Gasteiger partial charge in [-0.25, -0.2) is 0 Å². The molecule has 0 radical (unpaired) electrons. The van der Waals surface area contributed by atoms with Crippen LogP contribution in [-0.4, -0.2) is 49.0 Å². The minimum Gasteiger partial charge on any atom is -0.392 e. The van der Waals surface area contributed by atoms with Gasteiger partial charge in [-0.1, -0.05) is 0 Å². The first kappa shape index (κ1) is 9.96. The number of nitrogens with zero attached hydrogens (tertiary/aromatic N) is 1. The maximum Gasteiger partial charge on any atom is 0.0702 e. The minimum atomic E-state index is -0.239. The van der Waals surface area contributed by atoms with Gasteiger partial charge in [0, 0.05) is 19.7 Å². The average Bonchev–Trinajstić information content (AvgIpc) is 2.37. The zero-order chi connectivity index (χ0) is 8.97. The van der Waals surface area contributed by atoms with E-state index in [9.17, 15) is 0 Å². The Morgan fingerprint density at radius 1 is 1.67 bits per heavy atom. The zero-order valence-electron chi connectivity index (χ0n) is 7.99. The Morgan fingerprint density at radius 3 is 2.92 bits per heavy atom. The standard InChI is InChI=1S/C9H19NO2/c1-8(11)6-10(2)7-9-4-3-5-12-9/h8-9,11H,3-7H2,1-2H3. The Morgan fingerprint density at radius 2 is 2.42 bits per heavy atom. The largest absolute Gasteiger partial charge is 0.392 e. The summed E-state index contributed by atoms with van der Waals surface area (Å²) in [6.07, 6.45) is 2.52. The summed E-state index contributed by atoms with van der Waals surface area (Å²) in [6.45, 7) is 4.41. The fourth-order valence-electron chi connectivity index (χ4n) is 1.66. The molecule has 2 unspecified atom stereocenters. The summed E-state index contributed by atoms with van der Waals surface area (Å²) in [5, 5.41) is 9.11. The van der Waals surface area contributed by atoms with Crippen molar-refractivity contribution in [2.75, 3.05) is 26.7 Å². The molecule has 0 aromatic heterocycles. The Balaban J connectivity index is 2.11. The molecule has 72 valence electrons. The fraction of sp³-hybridized carbons (Fsp3) is 1.00. The van der Waals surface area contributed by atoms with E-state index in [-0.39, 0.29) is 6.10 Å². The van der Waals surface area contributed by atoms with Gasteiger partial charge in [0.1, 0.15) is 0 Å². The van der Waals surface area contributed by atoms with Gasteiger partial charge in [-0.2, -0.15) is 0 Å². The predicted octanol–water partition coefficient (Wildman–Crippen LogP) is 0.478. The van der Waals surface area contributed by atoms with Gasteiger partial charge in [0.15, 0.2) is 0 Å². The molecule has 1 fully saturated rings. The molecule has 1 heterocycles. The maximum atomic E-state index is 9.11. The smallest absolute Gasteiger partial charge is 0.0702 e. The van der Waals surface area contributed by atoms with E-state index in [1.165, 1.54) is 12.8 Å². The van der Waals surface area contributed by atoms with Crippen molar-refractivity contribution in [1.82, 2.24) is 4.90 Å². The summed E-state index contributed by atoms with van der Waals surface area (Å²) in [5.74, 6) is 0. The number of ether oxygens (including phenoxy) is 1. The van der Waals surface area contributed by atoms with Crippen LogP contribution in [0.25, 0.3) is 0 Å². The highest BCUT2D eigenvalue weighted by Crippen LogP contribution is 2.12. The lowest BCUT2D eigenvalue weighted by atomic mass is 10.2. The molecule has 0 bridgehead atoms. The van der Waals surface area contributed by atoms with Crippen LogP contribution in [0, 0.1) is 0 Å². The first-order valence-corrected chi connectivity index (χ1v) is 4.66. The van der Waals surface area contributed by atoms with E-state index in [4.69, 9.17) is 9.84 Å². The van der Waals surface area contributed by atoms with Crippen molar-refractivity contribution in [1.29, 1.82) is 0 Å². The molecular formula is C9H19NO2. The van der Waals surface area contributed by atoms with Crippen LogP contribution in [0.3, 0.4) is 0 Å². The van der Waals surface area contributed by atoms with Gasteiger partial charge < -0.3 is 14.7 Å². The van der Waals surface area contributed by atoms with Crippen LogP contribution in [0.5, 0.6) is 0 Å². The SMILES string of the molecule is CC(O)CN(C)CC1CCCO1. The molecule has 1 N–H and O–H groups in total. The quantitative estimate of drug-likeness (QED) is 0.671. The predicted molar refractivity (Wildman–Crippen MR) is 48.2 cm³/mol. The summed E-state index contributed by atoms with van der Waals surface area (Å²) in [5.41, 5.74) is 0. The summed E-state index contributed by atoms with van der Waals surface area (Å²) in [4.78, 5) is 2.13. The normalized spacial score (nSPS) is 26.5. The third-order valence-electron chi connectivity index (χ3n) is 2.12. The minimum absolute atomic E-state index is 0.239. The van der Waals surface area contributed by atoms with Crippen LogP contribution in [0.15, 0.2) is 0 Å². The van der Waals surface area contributed by atoms with E-state index in [0.717, 1.165) is 19.7 Å². The number of aliphatic hydroxyl groups excluding tert-OH is 1. The monoisotopic (exact) mass is 173 g/mol. The number of hydrogen-bond acceptors (Lipinski definition) is 3. The third-order valence-corrected chi connectivity index (χ3v) is 2.12. The molecule has 2 atom stereocenters. The molecule has 0 aromatic carbocycles. The molecule has 0 saturated carbocycles. The number of rotatable bonds is 4. The summed E-state index contributed by atoms with van der Waals surface area (Å²) in [7, 11) is 2.02. The van der Waals surface area contributed by atoms with Crippen molar-refractivity contribution in [3.8, 4) is 0 Å². The topological polar surface area (TPSA) is 32.7 Å². The fourth-order valence-corrected chi connectivity index (χ4v) is 1.66. The summed E-state index contributed by atoms with van der Waals surface area (Å²) < 4.78 is 5.48. The maximum absolute atomic E-state index is 9.11. The first-order chi connectivity index (χ1) is 5.68. The van der Waals surface area contributed by atoms with E-state index in [2.05, 4.69) is 4.90 Å². The van der Waals surface area contributed by atoms with Crippen molar-refractivity contribution in [3.05, 3.63) is 0 Å². The average molecular weight is 173 g/mol. The molecule has 1 aliphatic heterocycles. The Bertz CT molecular complexity index is 122. The highest BCUT2D eigenvalue weighted by Gasteiger charge is 2.17. The highest BCUT2D eigenvalue weighted by molar-refractivity contribution is 4.69. The third kappa shape index (κ3) is 3.52. The molecule has 0 aliphatic carbocycles. The Kier molecular flexibility index (Phi) is 3.98. The van der Waals surface area contributed by atoms with Crippen LogP contribution in [-0.2, 0) is 4.74 Å². The highest BCUT2D eigenvalue weighted by atomic mass is 16.5. The number of aliphatic hydroxyl groups is 1. The van der Waals surface area contributed by atoms with Crippen LogP contribution in [0.1, 0.15) is 19.8 Å². The van der Waals surface area contributed by atoms with Gasteiger partial charge in [0.2, 0.25) is 0 Å². The zero-order valence-corrected chi connectivity index (χ0v) is 7.99. The summed E-state index contributed by atoms with van der Waals surface area (Å²) >= 11 is 0. The van der Waals surface area contributed by atoms with Crippen molar-refractivity contribution < 1.29 is 9.84 Å². The second kappa shape index (κ2) is 4.80. The molecule has 0 amide bonds. The van der Waals surface area contributed by atoms with Gasteiger partial charge in [-0.3, -0.25) is 0 Å². The van der Waals surface area contributed by atoms with Crippen molar-refractivity contribution in [3.63, 3.8) is 0 Å². The van der Waals surface area contributed by atoms with Gasteiger partial charge in [0.25, 0.3) is 0 Å². The van der Waals surface area contributed by atoms with E-state index in [1.807, 2.05) is 14.0 Å². The van der Waals surface area contributed by atoms with Crippen LogP contribution < -0.4 is 0 Å². The summed E-state index contributed by atoms with van der Waals surface area (Å²) in [6, 6.07) is 0. The molecule has 1 saturated heterocycles. The molecule has 1 rings (SSSR count). The van der Waals surface area contributed by atoms with Crippen LogP contribution in [0.2, 0.25) is 0 Å². The van der Waals surface area contributed by atoms with E-state index in [0.29, 0.717) is 6.10 Å². The van der Waals surface area contributed by atoms with Gasteiger partial charge in [-0.05, 0) is 26.8 Å². The molecule has 12 heavy (non-hydrogen) atoms. The number of likely N-dealkylation sites (N-methyl/N-ethyl adjacent to an activating group) is 1. The van der Waals surface area contributed by atoms with Crippen molar-refractivity contribution in [2.45, 2.75) is 32.0 Å². The first-order valence-electron chi connectivity index (χ1n) is 4.66.